The van der Waals surface area contributed by atoms with E-state index in [4.69, 9.17) is 9.73 Å². The van der Waals surface area contributed by atoms with Gasteiger partial charge in [-0.1, -0.05) is 72.4 Å². The third-order valence-electron chi connectivity index (χ3n) is 5.24. The molecule has 0 unspecified atom stereocenters. The molecular weight excluding hydrogens is 404 g/mol. The largest absolute Gasteiger partial charge is 0.488 e. The Labute approximate surface area is 188 Å². The van der Waals surface area contributed by atoms with Crippen LogP contribution in [0.2, 0.25) is 0 Å². The summed E-state index contributed by atoms with van der Waals surface area (Å²) in [5, 5.41) is 0.724. The summed E-state index contributed by atoms with van der Waals surface area (Å²) >= 11 is 1.61. The monoisotopic (exact) mass is 430 g/mol. The number of carbonyl (C=O) groups is 1. The quantitative estimate of drug-likeness (QED) is 0.482. The van der Waals surface area contributed by atoms with Gasteiger partial charge >= 0.3 is 0 Å². The molecule has 1 saturated heterocycles. The fourth-order valence-electron chi connectivity index (χ4n) is 3.49. The average Bonchev–Trinajstić information content (AvgIpc) is 3.08. The number of amidine groups is 1. The van der Waals surface area contributed by atoms with Crippen LogP contribution in [0.3, 0.4) is 0 Å². The summed E-state index contributed by atoms with van der Waals surface area (Å²) in [6.45, 7) is 6.59. The lowest BCUT2D eigenvalue weighted by Crippen LogP contribution is -2.46. The Morgan fingerprint density at radius 1 is 1.00 bits per heavy atom. The molecule has 31 heavy (non-hydrogen) atoms. The van der Waals surface area contributed by atoms with Gasteiger partial charge in [0.15, 0.2) is 5.17 Å². The van der Waals surface area contributed by atoms with Crippen molar-refractivity contribution >= 4 is 28.5 Å². The molecule has 0 N–H and O–H groups in total. The van der Waals surface area contributed by atoms with Crippen LogP contribution >= 0.6 is 11.8 Å². The van der Waals surface area contributed by atoms with Gasteiger partial charge in [-0.25, -0.2) is 4.99 Å². The number of para-hydroxylation sites is 2. The number of benzene rings is 3. The van der Waals surface area contributed by atoms with E-state index in [2.05, 4.69) is 13.8 Å². The summed E-state index contributed by atoms with van der Waals surface area (Å²) in [4.78, 5) is 20.4. The molecule has 0 radical (unpaired) electrons. The first-order chi connectivity index (χ1) is 15.0. The van der Waals surface area contributed by atoms with Gasteiger partial charge in [0.2, 0.25) is 0 Å². The molecule has 1 aliphatic heterocycles. The van der Waals surface area contributed by atoms with Gasteiger partial charge in [0.1, 0.15) is 12.4 Å². The SMILES string of the molecule is Cc1ccccc1N=C1SCC(C)(C)N1C(=O)c1ccccc1OCc1ccccc1. The van der Waals surface area contributed by atoms with E-state index in [0.29, 0.717) is 17.9 Å². The molecule has 158 valence electrons. The van der Waals surface area contributed by atoms with Crippen LogP contribution in [0.4, 0.5) is 5.69 Å². The maximum absolute atomic E-state index is 13.7. The lowest BCUT2D eigenvalue weighted by molar-refractivity contribution is 0.0762. The lowest BCUT2D eigenvalue weighted by Gasteiger charge is -2.31. The Morgan fingerprint density at radius 3 is 2.45 bits per heavy atom. The topological polar surface area (TPSA) is 41.9 Å². The van der Waals surface area contributed by atoms with Crippen molar-refractivity contribution < 1.29 is 9.53 Å². The molecule has 4 rings (SSSR count). The molecule has 0 saturated carbocycles. The number of ether oxygens (including phenoxy) is 1. The van der Waals surface area contributed by atoms with Crippen molar-refractivity contribution in [2.75, 3.05) is 5.75 Å². The van der Waals surface area contributed by atoms with Gasteiger partial charge in [-0.3, -0.25) is 9.69 Å². The zero-order valence-electron chi connectivity index (χ0n) is 18.0. The first-order valence-electron chi connectivity index (χ1n) is 10.3. The molecule has 0 aromatic heterocycles. The summed E-state index contributed by atoms with van der Waals surface area (Å²) in [5.41, 5.74) is 3.22. The number of hydrogen-bond acceptors (Lipinski definition) is 4. The van der Waals surface area contributed by atoms with E-state index in [9.17, 15) is 4.79 Å². The number of rotatable bonds is 5. The Morgan fingerprint density at radius 2 is 1.68 bits per heavy atom. The molecule has 3 aromatic rings. The lowest BCUT2D eigenvalue weighted by atomic mass is 10.0. The van der Waals surface area contributed by atoms with Crippen molar-refractivity contribution in [3.63, 3.8) is 0 Å². The minimum atomic E-state index is -0.351. The van der Waals surface area contributed by atoms with Gasteiger partial charge in [-0.15, -0.1) is 0 Å². The van der Waals surface area contributed by atoms with Crippen LogP contribution in [0.5, 0.6) is 5.75 Å². The maximum Gasteiger partial charge on any atom is 0.264 e. The molecular formula is C26H26N2O2S. The summed E-state index contributed by atoms with van der Waals surface area (Å²) in [6.07, 6.45) is 0. The molecule has 5 heteroatoms. The normalized spacial score (nSPS) is 16.5. The van der Waals surface area contributed by atoms with E-state index in [1.54, 1.807) is 11.8 Å². The van der Waals surface area contributed by atoms with E-state index in [1.165, 1.54) is 0 Å². The van der Waals surface area contributed by atoms with Crippen molar-refractivity contribution in [3.05, 3.63) is 95.6 Å². The minimum absolute atomic E-state index is 0.0917. The maximum atomic E-state index is 13.7. The Balaban J connectivity index is 1.65. The zero-order chi connectivity index (χ0) is 21.8. The highest BCUT2D eigenvalue weighted by Gasteiger charge is 2.42. The van der Waals surface area contributed by atoms with E-state index in [1.807, 2.05) is 90.7 Å². The molecule has 0 bridgehead atoms. The van der Waals surface area contributed by atoms with E-state index in [0.717, 1.165) is 27.7 Å². The Kier molecular flexibility index (Phi) is 6.14. The Hall–Kier alpha value is -3.05. The number of carbonyl (C=O) groups excluding carboxylic acids is 1. The van der Waals surface area contributed by atoms with E-state index >= 15 is 0 Å². The summed E-state index contributed by atoms with van der Waals surface area (Å²) < 4.78 is 6.05. The van der Waals surface area contributed by atoms with Crippen LogP contribution in [-0.4, -0.2) is 27.3 Å². The predicted molar refractivity (Wildman–Crippen MR) is 128 cm³/mol. The van der Waals surface area contributed by atoms with Crippen molar-refractivity contribution in [1.82, 2.24) is 4.90 Å². The van der Waals surface area contributed by atoms with Crippen molar-refractivity contribution in [1.29, 1.82) is 0 Å². The minimum Gasteiger partial charge on any atom is -0.488 e. The van der Waals surface area contributed by atoms with Crippen LogP contribution in [0.1, 0.15) is 35.3 Å². The Bertz CT molecular complexity index is 1110. The first kappa shape index (κ1) is 21.2. The van der Waals surface area contributed by atoms with E-state index < -0.39 is 0 Å². The predicted octanol–water partition coefficient (Wildman–Crippen LogP) is 6.23. The van der Waals surface area contributed by atoms with Gasteiger partial charge < -0.3 is 4.74 Å². The third-order valence-corrected chi connectivity index (χ3v) is 6.62. The second kappa shape index (κ2) is 8.98. The standard InChI is InChI=1S/C26H26N2O2S/c1-19-11-7-9-15-22(19)27-25-28(26(2,3)18-31-25)24(29)21-14-8-10-16-23(21)30-17-20-12-5-4-6-13-20/h4-16H,17-18H2,1-3H3. The first-order valence-corrected chi connectivity index (χ1v) is 11.3. The summed E-state index contributed by atoms with van der Waals surface area (Å²) in [5.74, 6) is 1.28. The van der Waals surface area contributed by atoms with Gasteiger partial charge in [-0.05, 0) is 50.1 Å². The molecule has 0 atom stereocenters. The highest BCUT2D eigenvalue weighted by atomic mass is 32.2. The van der Waals surface area contributed by atoms with Gasteiger partial charge in [-0.2, -0.15) is 0 Å². The molecule has 1 aliphatic rings. The number of amides is 1. The van der Waals surface area contributed by atoms with Crippen LogP contribution in [0.15, 0.2) is 83.9 Å². The highest BCUT2D eigenvalue weighted by Crippen LogP contribution is 2.37. The van der Waals surface area contributed by atoms with Crippen molar-refractivity contribution in [2.24, 2.45) is 4.99 Å². The number of aliphatic imine (C=N–C) groups is 1. The van der Waals surface area contributed by atoms with Crippen LogP contribution in [0.25, 0.3) is 0 Å². The molecule has 1 heterocycles. The number of hydrogen-bond donors (Lipinski definition) is 0. The molecule has 1 fully saturated rings. The van der Waals surface area contributed by atoms with Gasteiger partial charge in [0, 0.05) is 5.75 Å². The number of nitrogens with zero attached hydrogens (tertiary/aromatic N) is 2. The highest BCUT2D eigenvalue weighted by molar-refractivity contribution is 8.14. The fourth-order valence-corrected chi connectivity index (χ4v) is 4.72. The molecule has 4 nitrogen and oxygen atoms in total. The van der Waals surface area contributed by atoms with Gasteiger partial charge in [0.05, 0.1) is 16.8 Å². The molecule has 0 spiro atoms. The molecule has 0 aliphatic carbocycles. The molecule has 3 aromatic carbocycles. The zero-order valence-corrected chi connectivity index (χ0v) is 18.9. The third kappa shape index (κ3) is 4.67. The molecule has 1 amide bonds. The second-order valence-electron chi connectivity index (χ2n) is 8.19. The number of thioether (sulfide) groups is 1. The number of aryl methyl sites for hydroxylation is 1. The van der Waals surface area contributed by atoms with Crippen molar-refractivity contribution in [2.45, 2.75) is 32.9 Å². The van der Waals surface area contributed by atoms with Gasteiger partial charge in [0.25, 0.3) is 5.91 Å². The van der Waals surface area contributed by atoms with Crippen molar-refractivity contribution in [3.8, 4) is 5.75 Å². The van der Waals surface area contributed by atoms with Crippen LogP contribution in [0, 0.1) is 6.92 Å². The smallest absolute Gasteiger partial charge is 0.264 e. The van der Waals surface area contributed by atoms with E-state index in [-0.39, 0.29) is 11.4 Å². The van der Waals surface area contributed by atoms with Crippen LogP contribution in [-0.2, 0) is 6.61 Å². The fraction of sp³-hybridized carbons (Fsp3) is 0.231. The second-order valence-corrected chi connectivity index (χ2v) is 9.14. The van der Waals surface area contributed by atoms with Crippen LogP contribution < -0.4 is 4.74 Å². The average molecular weight is 431 g/mol. The summed E-state index contributed by atoms with van der Waals surface area (Å²) in [7, 11) is 0. The summed E-state index contributed by atoms with van der Waals surface area (Å²) in [6, 6.07) is 25.4.